The monoisotopic (exact) mass is 288 g/mol. The van der Waals surface area contributed by atoms with Crippen LogP contribution in [0.5, 0.6) is 0 Å². The Balaban J connectivity index is 2.06. The lowest BCUT2D eigenvalue weighted by molar-refractivity contribution is -0.137. The first-order valence-corrected chi connectivity index (χ1v) is 6.77. The van der Waals surface area contributed by atoms with Crippen LogP contribution in [0, 0.1) is 0 Å². The van der Waals surface area contributed by atoms with Gasteiger partial charge in [-0.1, -0.05) is 25.0 Å². The van der Waals surface area contributed by atoms with Gasteiger partial charge in [0.2, 0.25) is 0 Å². The molecule has 0 bridgehead atoms. The van der Waals surface area contributed by atoms with Crippen LogP contribution in [0.25, 0.3) is 0 Å². The molecule has 1 aromatic carbocycles. The molecule has 1 fully saturated rings. The van der Waals surface area contributed by atoms with Crippen LogP contribution in [0.2, 0.25) is 0 Å². The number of hydrogen-bond acceptors (Lipinski definition) is 2. The van der Waals surface area contributed by atoms with Crippen LogP contribution in [0.1, 0.15) is 36.8 Å². The van der Waals surface area contributed by atoms with E-state index in [9.17, 15) is 18.3 Å². The molecule has 0 aliphatic heterocycles. The van der Waals surface area contributed by atoms with Crippen molar-refractivity contribution in [2.75, 3.05) is 7.11 Å². The molecule has 1 aromatic rings. The summed E-state index contributed by atoms with van der Waals surface area (Å²) in [6.07, 6.45) is -1.08. The summed E-state index contributed by atoms with van der Waals surface area (Å²) in [7, 11) is 1.58. The molecule has 1 saturated carbocycles. The van der Waals surface area contributed by atoms with Crippen molar-refractivity contribution in [2.24, 2.45) is 0 Å². The number of aliphatic hydroxyl groups excluding tert-OH is 1. The van der Waals surface area contributed by atoms with Gasteiger partial charge in [-0.05, 0) is 30.5 Å². The fourth-order valence-electron chi connectivity index (χ4n) is 2.89. The molecule has 0 aromatic heterocycles. The SMILES string of the molecule is COC1(C(O)Cc2ccc(C(F)(F)F)cc2)CCCC1. The minimum atomic E-state index is -4.32. The van der Waals surface area contributed by atoms with Crippen LogP contribution in [-0.4, -0.2) is 23.9 Å². The molecule has 2 rings (SSSR count). The van der Waals surface area contributed by atoms with Crippen LogP contribution in [0.15, 0.2) is 24.3 Å². The lowest BCUT2D eigenvalue weighted by Crippen LogP contribution is -2.42. The molecule has 0 saturated heterocycles. The van der Waals surface area contributed by atoms with E-state index < -0.39 is 23.4 Å². The highest BCUT2D eigenvalue weighted by Crippen LogP contribution is 2.37. The molecule has 1 aliphatic carbocycles. The molecule has 1 unspecified atom stereocenters. The second kappa shape index (κ2) is 5.74. The second-order valence-electron chi connectivity index (χ2n) is 5.39. The first kappa shape index (κ1) is 15.3. The Labute approximate surface area is 116 Å². The zero-order chi connectivity index (χ0) is 14.8. The van der Waals surface area contributed by atoms with Gasteiger partial charge in [-0.3, -0.25) is 0 Å². The lowest BCUT2D eigenvalue weighted by Gasteiger charge is -2.33. The van der Waals surface area contributed by atoms with Crippen LogP contribution >= 0.6 is 0 Å². The van der Waals surface area contributed by atoms with Crippen molar-refractivity contribution in [1.82, 2.24) is 0 Å². The van der Waals surface area contributed by atoms with Crippen molar-refractivity contribution < 1.29 is 23.0 Å². The summed E-state index contributed by atoms with van der Waals surface area (Å²) < 4.78 is 42.9. The van der Waals surface area contributed by atoms with Gasteiger partial charge in [0.15, 0.2) is 0 Å². The van der Waals surface area contributed by atoms with Crippen molar-refractivity contribution in [2.45, 2.75) is 50.0 Å². The number of hydrogen-bond donors (Lipinski definition) is 1. The van der Waals surface area contributed by atoms with Gasteiger partial charge in [0.1, 0.15) is 0 Å². The van der Waals surface area contributed by atoms with Gasteiger partial charge in [-0.25, -0.2) is 0 Å². The molecule has 1 N–H and O–H groups in total. The van der Waals surface area contributed by atoms with E-state index in [4.69, 9.17) is 4.74 Å². The Morgan fingerprint density at radius 2 is 1.75 bits per heavy atom. The summed E-state index contributed by atoms with van der Waals surface area (Å²) in [5, 5.41) is 10.3. The summed E-state index contributed by atoms with van der Waals surface area (Å²) in [6, 6.07) is 4.95. The highest BCUT2D eigenvalue weighted by molar-refractivity contribution is 5.25. The summed E-state index contributed by atoms with van der Waals surface area (Å²) in [6.45, 7) is 0. The predicted molar refractivity (Wildman–Crippen MR) is 69.4 cm³/mol. The minimum Gasteiger partial charge on any atom is -0.390 e. The first-order chi connectivity index (χ1) is 9.37. The molecular weight excluding hydrogens is 269 g/mol. The van der Waals surface area contributed by atoms with Gasteiger partial charge in [0, 0.05) is 13.5 Å². The Morgan fingerprint density at radius 3 is 2.20 bits per heavy atom. The van der Waals surface area contributed by atoms with E-state index in [1.54, 1.807) is 7.11 Å². The van der Waals surface area contributed by atoms with E-state index in [-0.39, 0.29) is 0 Å². The maximum atomic E-state index is 12.5. The quantitative estimate of drug-likeness (QED) is 0.918. The summed E-state index contributed by atoms with van der Waals surface area (Å²) in [5.41, 5.74) is -0.519. The maximum absolute atomic E-state index is 12.5. The molecule has 0 spiro atoms. The maximum Gasteiger partial charge on any atom is 0.416 e. The number of methoxy groups -OCH3 is 1. The van der Waals surface area contributed by atoms with E-state index in [1.807, 2.05) is 0 Å². The third-order valence-corrected chi connectivity index (χ3v) is 4.17. The molecule has 2 nitrogen and oxygen atoms in total. The predicted octanol–water partition coefficient (Wildman–Crippen LogP) is 3.57. The molecule has 5 heteroatoms. The molecular formula is C15H19F3O2. The summed E-state index contributed by atoms with van der Waals surface area (Å²) >= 11 is 0. The second-order valence-corrected chi connectivity index (χ2v) is 5.39. The number of rotatable bonds is 4. The fourth-order valence-corrected chi connectivity index (χ4v) is 2.89. The molecule has 0 amide bonds. The topological polar surface area (TPSA) is 29.5 Å². The molecule has 1 aliphatic rings. The van der Waals surface area contributed by atoms with E-state index in [0.717, 1.165) is 37.8 Å². The van der Waals surface area contributed by atoms with Gasteiger partial charge < -0.3 is 9.84 Å². The van der Waals surface area contributed by atoms with Gasteiger partial charge in [0.25, 0.3) is 0 Å². The molecule has 112 valence electrons. The first-order valence-electron chi connectivity index (χ1n) is 6.77. The smallest absolute Gasteiger partial charge is 0.390 e. The normalized spacial score (nSPS) is 20.1. The van der Waals surface area contributed by atoms with E-state index in [1.165, 1.54) is 12.1 Å². The number of ether oxygens (including phenoxy) is 1. The average molecular weight is 288 g/mol. The van der Waals surface area contributed by atoms with Crippen molar-refractivity contribution >= 4 is 0 Å². The number of halogens is 3. The van der Waals surface area contributed by atoms with Gasteiger partial charge >= 0.3 is 6.18 Å². The zero-order valence-corrected chi connectivity index (χ0v) is 11.4. The van der Waals surface area contributed by atoms with Crippen LogP contribution in [-0.2, 0) is 17.3 Å². The molecule has 20 heavy (non-hydrogen) atoms. The van der Waals surface area contributed by atoms with E-state index in [0.29, 0.717) is 12.0 Å². The molecule has 0 radical (unpaired) electrons. The van der Waals surface area contributed by atoms with Gasteiger partial charge in [0.05, 0.1) is 17.3 Å². The zero-order valence-electron chi connectivity index (χ0n) is 11.4. The van der Waals surface area contributed by atoms with Crippen molar-refractivity contribution in [3.8, 4) is 0 Å². The summed E-state index contributed by atoms with van der Waals surface area (Å²) in [5.74, 6) is 0. The fraction of sp³-hybridized carbons (Fsp3) is 0.600. The summed E-state index contributed by atoms with van der Waals surface area (Å²) in [4.78, 5) is 0. The number of benzene rings is 1. The van der Waals surface area contributed by atoms with Crippen molar-refractivity contribution in [3.63, 3.8) is 0 Å². The Hall–Kier alpha value is -1.07. The third-order valence-electron chi connectivity index (χ3n) is 4.17. The standard InChI is InChI=1S/C15H19F3O2/c1-20-14(8-2-3-9-14)13(19)10-11-4-6-12(7-5-11)15(16,17)18/h4-7,13,19H,2-3,8-10H2,1H3. The van der Waals surface area contributed by atoms with Crippen LogP contribution in [0.3, 0.4) is 0 Å². The van der Waals surface area contributed by atoms with Crippen molar-refractivity contribution in [3.05, 3.63) is 35.4 Å². The Kier molecular flexibility index (Phi) is 4.39. The largest absolute Gasteiger partial charge is 0.416 e. The van der Waals surface area contributed by atoms with Crippen molar-refractivity contribution in [1.29, 1.82) is 0 Å². The molecule has 1 atom stereocenters. The minimum absolute atomic E-state index is 0.311. The molecule has 0 heterocycles. The number of aliphatic hydroxyl groups is 1. The lowest BCUT2D eigenvalue weighted by atomic mass is 9.89. The van der Waals surface area contributed by atoms with Crippen LogP contribution in [0.4, 0.5) is 13.2 Å². The van der Waals surface area contributed by atoms with Gasteiger partial charge in [-0.2, -0.15) is 13.2 Å². The Morgan fingerprint density at radius 1 is 1.20 bits per heavy atom. The highest BCUT2D eigenvalue weighted by atomic mass is 19.4. The third kappa shape index (κ3) is 3.15. The highest BCUT2D eigenvalue weighted by Gasteiger charge is 2.40. The van der Waals surface area contributed by atoms with Crippen LogP contribution < -0.4 is 0 Å². The van der Waals surface area contributed by atoms with Gasteiger partial charge in [-0.15, -0.1) is 0 Å². The Bertz CT molecular complexity index is 433. The average Bonchev–Trinajstić information content (AvgIpc) is 2.88. The van der Waals surface area contributed by atoms with E-state index >= 15 is 0 Å². The van der Waals surface area contributed by atoms with E-state index in [2.05, 4.69) is 0 Å². The number of alkyl halides is 3.